The molecule has 1 aromatic rings. The third-order valence-electron chi connectivity index (χ3n) is 8.14. The molecular weight excluding hydrogens is 684 g/mol. The molecule has 2 aliphatic rings. The largest absolute Gasteiger partial charge is 0.465 e. The van der Waals surface area contributed by atoms with Gasteiger partial charge in [0, 0.05) is 57.0 Å². The fourth-order valence-corrected chi connectivity index (χ4v) is 5.10. The van der Waals surface area contributed by atoms with Gasteiger partial charge in [-0.15, -0.1) is 0 Å². The number of hydrogen-bond donors (Lipinski definition) is 6. The number of nitrogens with one attached hydrogen (secondary N) is 4. The van der Waals surface area contributed by atoms with Crippen molar-refractivity contribution in [2.75, 3.05) is 38.0 Å². The van der Waals surface area contributed by atoms with Gasteiger partial charge in [0.1, 0.15) is 24.7 Å². The first kappa shape index (κ1) is 40.4. The van der Waals surface area contributed by atoms with Gasteiger partial charge in [-0.2, -0.15) is 0 Å². The second-order valence-electron chi connectivity index (χ2n) is 12.2. The van der Waals surface area contributed by atoms with Gasteiger partial charge in [-0.1, -0.05) is 18.6 Å². The van der Waals surface area contributed by atoms with E-state index in [0.29, 0.717) is 30.5 Å². The van der Waals surface area contributed by atoms with Gasteiger partial charge in [0.25, 0.3) is 11.8 Å². The lowest BCUT2D eigenvalue weighted by Gasteiger charge is -2.32. The number of hydrogen-bond acceptors (Lipinski definition) is 10. The van der Waals surface area contributed by atoms with Crippen LogP contribution in [0.15, 0.2) is 36.4 Å². The zero-order valence-corrected chi connectivity index (χ0v) is 28.9. The van der Waals surface area contributed by atoms with Gasteiger partial charge < -0.3 is 46.6 Å². The van der Waals surface area contributed by atoms with Crippen LogP contribution in [0.4, 0.5) is 15.3 Å². The molecule has 0 spiro atoms. The van der Waals surface area contributed by atoms with Crippen LogP contribution >= 0.6 is 0 Å². The Hall–Kier alpha value is -6.01. The molecule has 0 saturated carbocycles. The number of carbonyl (C=O) groups is 9. The first-order valence-corrected chi connectivity index (χ1v) is 16.7. The molecule has 7 N–H and O–H groups in total. The highest BCUT2D eigenvalue weighted by Gasteiger charge is 2.28. The van der Waals surface area contributed by atoms with Crippen molar-refractivity contribution in [1.82, 2.24) is 30.7 Å². The smallest absolute Gasteiger partial charge is 0.410 e. The van der Waals surface area contributed by atoms with E-state index in [-0.39, 0.29) is 57.6 Å². The molecule has 19 nitrogen and oxygen atoms in total. The third-order valence-corrected chi connectivity index (χ3v) is 8.14. The standard InChI is InChI=1S/C33H44N8O11/c1-20(35-26(43)6-4-3-5-13-41-27(44)11-12-28(41)45)29(46)36-21(2)30(47)38-24(18-25(34)42)31(48)37-23-9-7-22(8-10-23)19-52-33(51)40-16-14-39(15-17-40)32(49)50/h7-12,20-21,24H,3-6,13-19H2,1-2H3,(H2,34,42)(H,35,43)(H,36,46)(H,37,48)(H,38,47)(H,49,50)/t20-,21+,24+/m0/s1. The summed E-state index contributed by atoms with van der Waals surface area (Å²) in [5, 5.41) is 19.0. The second kappa shape index (κ2) is 19.4. The predicted molar refractivity (Wildman–Crippen MR) is 182 cm³/mol. The molecule has 0 radical (unpaired) electrons. The van der Waals surface area contributed by atoms with Crippen molar-refractivity contribution in [2.24, 2.45) is 5.73 Å². The minimum atomic E-state index is -1.39. The van der Waals surface area contributed by atoms with E-state index in [2.05, 4.69) is 21.3 Å². The van der Waals surface area contributed by atoms with Crippen molar-refractivity contribution in [3.63, 3.8) is 0 Å². The van der Waals surface area contributed by atoms with Gasteiger partial charge in [0.2, 0.25) is 29.5 Å². The summed E-state index contributed by atoms with van der Waals surface area (Å²) < 4.78 is 5.30. The molecule has 3 atom stereocenters. The summed E-state index contributed by atoms with van der Waals surface area (Å²) in [4.78, 5) is 113. The van der Waals surface area contributed by atoms with Gasteiger partial charge in [-0.25, -0.2) is 9.59 Å². The number of imide groups is 1. The maximum Gasteiger partial charge on any atom is 0.410 e. The van der Waals surface area contributed by atoms with E-state index < -0.39 is 66.3 Å². The Bertz CT molecular complexity index is 1540. The number of carboxylic acid groups (broad SMARTS) is 1. The number of ether oxygens (including phenoxy) is 1. The number of primary amides is 1. The molecule has 1 aromatic carbocycles. The predicted octanol–water partition coefficient (Wildman–Crippen LogP) is -0.588. The average molecular weight is 729 g/mol. The number of nitrogens with zero attached hydrogens (tertiary/aromatic N) is 3. The normalized spacial score (nSPS) is 15.7. The van der Waals surface area contributed by atoms with Crippen molar-refractivity contribution in [1.29, 1.82) is 0 Å². The number of anilines is 1. The number of amides is 9. The zero-order chi connectivity index (χ0) is 38.4. The molecule has 2 aliphatic heterocycles. The molecule has 0 aliphatic carbocycles. The summed E-state index contributed by atoms with van der Waals surface area (Å²) in [7, 11) is 0. The average Bonchev–Trinajstić information content (AvgIpc) is 3.42. The molecule has 0 unspecified atom stereocenters. The highest BCUT2D eigenvalue weighted by atomic mass is 16.6. The van der Waals surface area contributed by atoms with Gasteiger partial charge in [0.15, 0.2) is 0 Å². The van der Waals surface area contributed by atoms with Crippen LogP contribution in [0.2, 0.25) is 0 Å². The number of benzene rings is 1. The van der Waals surface area contributed by atoms with Gasteiger partial charge in [-0.3, -0.25) is 38.5 Å². The van der Waals surface area contributed by atoms with Crippen molar-refractivity contribution < 1.29 is 53.0 Å². The van der Waals surface area contributed by atoms with Crippen molar-refractivity contribution in [3.05, 3.63) is 42.0 Å². The van der Waals surface area contributed by atoms with Crippen LogP contribution in [0.25, 0.3) is 0 Å². The van der Waals surface area contributed by atoms with E-state index in [1.165, 1.54) is 47.9 Å². The Morgan fingerprint density at radius 2 is 1.37 bits per heavy atom. The van der Waals surface area contributed by atoms with Crippen LogP contribution in [0, 0.1) is 0 Å². The van der Waals surface area contributed by atoms with Crippen LogP contribution in [-0.2, 0) is 44.9 Å². The number of piperazine rings is 1. The lowest BCUT2D eigenvalue weighted by molar-refractivity contribution is -0.137. The van der Waals surface area contributed by atoms with Crippen molar-refractivity contribution in [3.8, 4) is 0 Å². The van der Waals surface area contributed by atoms with Crippen LogP contribution in [0.3, 0.4) is 0 Å². The molecule has 1 fully saturated rings. The monoisotopic (exact) mass is 728 g/mol. The van der Waals surface area contributed by atoms with Crippen molar-refractivity contribution in [2.45, 2.75) is 70.7 Å². The molecule has 52 heavy (non-hydrogen) atoms. The minimum Gasteiger partial charge on any atom is -0.465 e. The van der Waals surface area contributed by atoms with Gasteiger partial charge in [-0.05, 0) is 44.4 Å². The summed E-state index contributed by atoms with van der Waals surface area (Å²) in [6.07, 6.45) is 1.88. The maximum absolute atomic E-state index is 13.0. The van der Waals surface area contributed by atoms with E-state index in [4.69, 9.17) is 15.6 Å². The Kier molecular flexibility index (Phi) is 15.1. The van der Waals surface area contributed by atoms with E-state index in [9.17, 15) is 43.2 Å². The maximum atomic E-state index is 13.0. The number of nitrogens with two attached hydrogens (primary N) is 1. The summed E-state index contributed by atoms with van der Waals surface area (Å²) in [5.41, 5.74) is 6.19. The third kappa shape index (κ3) is 12.7. The molecule has 0 bridgehead atoms. The SMILES string of the molecule is C[C@H](NC(=O)CCCCCN1C(=O)C=CC1=O)C(=O)N[C@H](C)C(=O)N[C@H](CC(N)=O)C(=O)Nc1ccc(COC(=O)N2CCN(C(=O)O)CC2)cc1. The fraction of sp³-hybridized carbons (Fsp3) is 0.485. The minimum absolute atomic E-state index is 0.0796. The number of unbranched alkanes of at least 4 members (excludes halogenated alkanes) is 2. The topological polar surface area (TPSA) is 267 Å². The summed E-state index contributed by atoms with van der Waals surface area (Å²) in [5.74, 6) is -4.24. The summed E-state index contributed by atoms with van der Waals surface area (Å²) >= 11 is 0. The van der Waals surface area contributed by atoms with E-state index in [1.54, 1.807) is 12.1 Å². The Balaban J connectivity index is 1.40. The Morgan fingerprint density at radius 1 is 0.788 bits per heavy atom. The molecule has 282 valence electrons. The van der Waals surface area contributed by atoms with Gasteiger partial charge in [0.05, 0.1) is 6.42 Å². The highest BCUT2D eigenvalue weighted by Crippen LogP contribution is 2.13. The molecule has 2 heterocycles. The van der Waals surface area contributed by atoms with E-state index in [0.717, 1.165) is 4.90 Å². The highest BCUT2D eigenvalue weighted by molar-refractivity contribution is 6.12. The molecule has 9 amide bonds. The quantitative estimate of drug-likeness (QED) is 0.0872. The van der Waals surface area contributed by atoms with Crippen LogP contribution in [-0.4, -0.2) is 124 Å². The Labute approximate surface area is 299 Å². The van der Waals surface area contributed by atoms with Crippen LogP contribution in [0.1, 0.15) is 51.5 Å². The van der Waals surface area contributed by atoms with E-state index >= 15 is 0 Å². The van der Waals surface area contributed by atoms with E-state index in [1.807, 2.05) is 0 Å². The van der Waals surface area contributed by atoms with Gasteiger partial charge >= 0.3 is 12.2 Å². The Morgan fingerprint density at radius 3 is 1.96 bits per heavy atom. The fourth-order valence-electron chi connectivity index (χ4n) is 5.10. The molecule has 19 heteroatoms. The zero-order valence-electron chi connectivity index (χ0n) is 28.9. The van der Waals surface area contributed by atoms with Crippen LogP contribution < -0.4 is 27.0 Å². The molecule has 1 saturated heterocycles. The first-order valence-electron chi connectivity index (χ1n) is 16.7. The molecule has 0 aromatic heterocycles. The molecule has 3 rings (SSSR count). The number of carbonyl (C=O) groups excluding carboxylic acids is 8. The second-order valence-corrected chi connectivity index (χ2v) is 12.2. The van der Waals surface area contributed by atoms with Crippen molar-refractivity contribution >= 4 is 59.2 Å². The van der Waals surface area contributed by atoms with Crippen LogP contribution in [0.5, 0.6) is 0 Å². The number of rotatable bonds is 17. The summed E-state index contributed by atoms with van der Waals surface area (Å²) in [6, 6.07) is 2.66. The molecular formula is C33H44N8O11. The summed E-state index contributed by atoms with van der Waals surface area (Å²) in [6.45, 7) is 3.73. The first-order chi connectivity index (χ1) is 24.6. The lowest BCUT2D eigenvalue weighted by Crippen LogP contribution is -2.55. The lowest BCUT2D eigenvalue weighted by atomic mass is 10.1.